The van der Waals surface area contributed by atoms with E-state index in [1.54, 1.807) is 6.20 Å². The quantitative estimate of drug-likeness (QED) is 0.833. The third kappa shape index (κ3) is 2.18. The van der Waals surface area contributed by atoms with E-state index in [9.17, 15) is 4.39 Å². The molecule has 2 rings (SSSR count). The van der Waals surface area contributed by atoms with Crippen LogP contribution in [0, 0.1) is 19.7 Å². The molecule has 84 valence electrons. The summed E-state index contributed by atoms with van der Waals surface area (Å²) in [6.45, 7) is 4.50. The minimum absolute atomic E-state index is 0.342. The minimum Gasteiger partial charge on any atom is -0.379 e. The van der Waals surface area contributed by atoms with Crippen molar-refractivity contribution in [1.29, 1.82) is 0 Å². The van der Waals surface area contributed by atoms with E-state index in [4.69, 9.17) is 0 Å². The van der Waals surface area contributed by atoms with Crippen molar-refractivity contribution in [1.82, 2.24) is 15.2 Å². The van der Waals surface area contributed by atoms with E-state index in [1.807, 2.05) is 13.8 Å². The average molecular weight is 220 g/mol. The molecule has 0 aromatic carbocycles. The molecule has 2 heterocycles. The zero-order chi connectivity index (χ0) is 11.5. The van der Waals surface area contributed by atoms with Gasteiger partial charge in [-0.3, -0.25) is 10.1 Å². The van der Waals surface area contributed by atoms with E-state index in [0.717, 1.165) is 17.0 Å². The van der Waals surface area contributed by atoms with Crippen LogP contribution in [0.25, 0.3) is 0 Å². The Morgan fingerprint density at radius 1 is 1.38 bits per heavy atom. The first kappa shape index (κ1) is 10.6. The normalized spacial score (nSPS) is 10.4. The average Bonchev–Trinajstić information content (AvgIpc) is 2.56. The first-order chi connectivity index (χ1) is 7.66. The molecule has 0 fully saturated rings. The van der Waals surface area contributed by atoms with Crippen molar-refractivity contribution in [2.24, 2.45) is 0 Å². The molecule has 0 radical (unpaired) electrons. The van der Waals surface area contributed by atoms with Crippen LogP contribution in [0.15, 0.2) is 18.5 Å². The third-order valence-corrected chi connectivity index (χ3v) is 2.45. The number of nitrogens with zero attached hydrogens (tertiary/aromatic N) is 2. The molecule has 0 aliphatic rings. The molecule has 0 aliphatic carbocycles. The molecule has 0 atom stereocenters. The summed E-state index contributed by atoms with van der Waals surface area (Å²) in [4.78, 5) is 3.77. The maximum atomic E-state index is 12.9. The standard InChI is InChI=1S/C11H13FN4/c1-7-11(8(2)16-15-7)6-14-10-3-9(12)4-13-5-10/h3-5,14H,6H2,1-2H3,(H,15,16). The molecule has 0 spiro atoms. The number of aromatic amines is 1. The van der Waals surface area contributed by atoms with Gasteiger partial charge >= 0.3 is 0 Å². The molecule has 16 heavy (non-hydrogen) atoms. The first-order valence-corrected chi connectivity index (χ1v) is 5.01. The predicted octanol–water partition coefficient (Wildman–Crippen LogP) is 2.17. The number of nitrogens with one attached hydrogen (secondary N) is 2. The maximum Gasteiger partial charge on any atom is 0.143 e. The number of pyridine rings is 1. The lowest BCUT2D eigenvalue weighted by Crippen LogP contribution is -2.02. The molecule has 2 aromatic heterocycles. The second kappa shape index (κ2) is 4.30. The summed E-state index contributed by atoms with van der Waals surface area (Å²) in [6, 6.07) is 1.41. The minimum atomic E-state index is -0.342. The van der Waals surface area contributed by atoms with Gasteiger partial charge in [-0.25, -0.2) is 4.39 Å². The molecule has 0 unspecified atom stereocenters. The molecule has 2 aromatic rings. The van der Waals surface area contributed by atoms with E-state index >= 15 is 0 Å². The molecule has 4 nitrogen and oxygen atoms in total. The number of aromatic nitrogens is 3. The molecular formula is C11H13FN4. The zero-order valence-electron chi connectivity index (χ0n) is 9.21. The Kier molecular flexibility index (Phi) is 2.85. The van der Waals surface area contributed by atoms with Crippen molar-refractivity contribution >= 4 is 5.69 Å². The predicted molar refractivity (Wildman–Crippen MR) is 59.6 cm³/mol. The lowest BCUT2D eigenvalue weighted by molar-refractivity contribution is 0.622. The molecule has 5 heteroatoms. The largest absolute Gasteiger partial charge is 0.379 e. The Hall–Kier alpha value is -1.91. The molecular weight excluding hydrogens is 207 g/mol. The summed E-state index contributed by atoms with van der Waals surface area (Å²) < 4.78 is 12.9. The van der Waals surface area contributed by atoms with Crippen LogP contribution in [0.3, 0.4) is 0 Å². The van der Waals surface area contributed by atoms with Gasteiger partial charge in [0.1, 0.15) is 5.82 Å². The van der Waals surface area contributed by atoms with Crippen molar-refractivity contribution in [3.8, 4) is 0 Å². The fraction of sp³-hybridized carbons (Fsp3) is 0.273. The van der Waals surface area contributed by atoms with Crippen LogP contribution in [-0.4, -0.2) is 15.2 Å². The van der Waals surface area contributed by atoms with Crippen molar-refractivity contribution < 1.29 is 4.39 Å². The highest BCUT2D eigenvalue weighted by molar-refractivity contribution is 5.41. The van der Waals surface area contributed by atoms with Crippen molar-refractivity contribution in [2.75, 3.05) is 5.32 Å². The van der Waals surface area contributed by atoms with Crippen LogP contribution in [0.5, 0.6) is 0 Å². The number of H-pyrrole nitrogens is 1. The van der Waals surface area contributed by atoms with Crippen LogP contribution >= 0.6 is 0 Å². The molecule has 0 saturated carbocycles. The molecule has 2 N–H and O–H groups in total. The number of aryl methyl sites for hydroxylation is 2. The number of hydrogen-bond acceptors (Lipinski definition) is 3. The molecule has 0 amide bonds. The molecule has 0 bridgehead atoms. The maximum absolute atomic E-state index is 12.9. The van der Waals surface area contributed by atoms with Crippen LogP contribution in [0.2, 0.25) is 0 Å². The van der Waals surface area contributed by atoms with Gasteiger partial charge in [0.25, 0.3) is 0 Å². The van der Waals surface area contributed by atoms with Gasteiger partial charge in [0, 0.05) is 23.9 Å². The highest BCUT2D eigenvalue weighted by atomic mass is 19.1. The summed E-state index contributed by atoms with van der Waals surface area (Å²) in [6.07, 6.45) is 2.77. The van der Waals surface area contributed by atoms with Gasteiger partial charge < -0.3 is 5.32 Å². The fourth-order valence-electron chi connectivity index (χ4n) is 1.53. The Balaban J connectivity index is 2.08. The van der Waals surface area contributed by atoms with Crippen LogP contribution < -0.4 is 5.32 Å². The highest BCUT2D eigenvalue weighted by Gasteiger charge is 2.05. The van der Waals surface area contributed by atoms with Gasteiger partial charge in [-0.15, -0.1) is 0 Å². The van der Waals surface area contributed by atoms with Crippen molar-refractivity contribution in [2.45, 2.75) is 20.4 Å². The SMILES string of the molecule is Cc1n[nH]c(C)c1CNc1cncc(F)c1. The van der Waals surface area contributed by atoms with Crippen LogP contribution in [0.4, 0.5) is 10.1 Å². The van der Waals surface area contributed by atoms with Gasteiger partial charge in [-0.05, 0) is 13.8 Å². The van der Waals surface area contributed by atoms with Gasteiger partial charge in [0.05, 0.1) is 23.8 Å². The van der Waals surface area contributed by atoms with Crippen molar-refractivity contribution in [3.63, 3.8) is 0 Å². The summed E-state index contributed by atoms with van der Waals surface area (Å²) in [7, 11) is 0. The third-order valence-electron chi connectivity index (χ3n) is 2.45. The Bertz CT molecular complexity index is 473. The number of anilines is 1. The summed E-state index contributed by atoms with van der Waals surface area (Å²) >= 11 is 0. The van der Waals surface area contributed by atoms with Gasteiger partial charge in [-0.1, -0.05) is 0 Å². The van der Waals surface area contributed by atoms with Gasteiger partial charge in [-0.2, -0.15) is 5.10 Å². The van der Waals surface area contributed by atoms with E-state index in [2.05, 4.69) is 20.5 Å². The van der Waals surface area contributed by atoms with E-state index in [-0.39, 0.29) is 5.82 Å². The number of halogens is 1. The topological polar surface area (TPSA) is 53.6 Å². The molecule has 0 saturated heterocycles. The number of hydrogen-bond donors (Lipinski definition) is 2. The van der Waals surface area contributed by atoms with E-state index in [0.29, 0.717) is 12.2 Å². The fourth-order valence-corrected chi connectivity index (χ4v) is 1.53. The van der Waals surface area contributed by atoms with Gasteiger partial charge in [0.15, 0.2) is 0 Å². The monoisotopic (exact) mass is 220 g/mol. The zero-order valence-corrected chi connectivity index (χ0v) is 9.21. The van der Waals surface area contributed by atoms with Crippen LogP contribution in [0.1, 0.15) is 17.0 Å². The van der Waals surface area contributed by atoms with E-state index in [1.165, 1.54) is 12.3 Å². The van der Waals surface area contributed by atoms with Crippen LogP contribution in [-0.2, 0) is 6.54 Å². The summed E-state index contributed by atoms with van der Waals surface area (Å²) in [5.74, 6) is -0.342. The van der Waals surface area contributed by atoms with Crippen molar-refractivity contribution in [3.05, 3.63) is 41.2 Å². The second-order valence-electron chi connectivity index (χ2n) is 3.66. The lowest BCUT2D eigenvalue weighted by atomic mass is 10.2. The summed E-state index contributed by atoms with van der Waals surface area (Å²) in [5, 5.41) is 10.1. The van der Waals surface area contributed by atoms with E-state index < -0.39 is 0 Å². The smallest absolute Gasteiger partial charge is 0.143 e. The Morgan fingerprint density at radius 2 is 2.19 bits per heavy atom. The first-order valence-electron chi connectivity index (χ1n) is 5.01. The highest BCUT2D eigenvalue weighted by Crippen LogP contribution is 2.13. The van der Waals surface area contributed by atoms with Gasteiger partial charge in [0.2, 0.25) is 0 Å². The lowest BCUT2D eigenvalue weighted by Gasteiger charge is -2.05. The molecule has 0 aliphatic heterocycles. The number of rotatable bonds is 3. The second-order valence-corrected chi connectivity index (χ2v) is 3.66. The Morgan fingerprint density at radius 3 is 2.81 bits per heavy atom. The summed E-state index contributed by atoms with van der Waals surface area (Å²) in [5.41, 5.74) is 3.74. The Labute approximate surface area is 92.9 Å².